The zero-order valence-electron chi connectivity index (χ0n) is 12.8. The zero-order chi connectivity index (χ0) is 14.4. The number of aryl methyl sites for hydroxylation is 3. The van der Waals surface area contributed by atoms with Crippen molar-refractivity contribution in [2.45, 2.75) is 53.1 Å². The highest BCUT2D eigenvalue weighted by Crippen LogP contribution is 2.03. The number of hydrogen-bond donors (Lipinski definition) is 2. The van der Waals surface area contributed by atoms with E-state index in [1.165, 1.54) is 0 Å². The maximum atomic E-state index is 11.7. The van der Waals surface area contributed by atoms with Gasteiger partial charge in [-0.1, -0.05) is 13.8 Å². The molecule has 0 bridgehead atoms. The van der Waals surface area contributed by atoms with Gasteiger partial charge < -0.3 is 11.1 Å². The average Bonchev–Trinajstić information content (AvgIpc) is 2.62. The Morgan fingerprint density at radius 3 is 2.60 bits per heavy atom. The van der Waals surface area contributed by atoms with Gasteiger partial charge in [-0.2, -0.15) is 5.10 Å². The molecule has 3 N–H and O–H groups in total. The molecule has 0 aliphatic heterocycles. The smallest absolute Gasteiger partial charge is 0.236 e. The third kappa shape index (κ3) is 6.39. The van der Waals surface area contributed by atoms with Crippen LogP contribution in [-0.2, 0) is 11.3 Å². The van der Waals surface area contributed by atoms with Crippen molar-refractivity contribution >= 4 is 18.3 Å². The molecule has 6 heteroatoms. The number of nitrogens with two attached hydrogens (primary N) is 1. The fourth-order valence-corrected chi connectivity index (χ4v) is 2.09. The normalized spacial score (nSPS) is 12.1. The number of amides is 1. The molecule has 1 aromatic heterocycles. The Morgan fingerprint density at radius 2 is 2.10 bits per heavy atom. The summed E-state index contributed by atoms with van der Waals surface area (Å²) in [4.78, 5) is 11.7. The van der Waals surface area contributed by atoms with Crippen LogP contribution in [0.25, 0.3) is 0 Å². The number of rotatable bonds is 7. The summed E-state index contributed by atoms with van der Waals surface area (Å²) in [5, 5.41) is 7.26. The van der Waals surface area contributed by atoms with Crippen LogP contribution in [0, 0.1) is 19.8 Å². The van der Waals surface area contributed by atoms with Crippen molar-refractivity contribution in [1.82, 2.24) is 15.1 Å². The minimum Gasteiger partial charge on any atom is -0.355 e. The predicted molar refractivity (Wildman–Crippen MR) is 84.0 cm³/mol. The van der Waals surface area contributed by atoms with E-state index < -0.39 is 6.04 Å². The second kappa shape index (κ2) is 8.97. The molecule has 0 saturated heterocycles. The maximum Gasteiger partial charge on any atom is 0.236 e. The first-order valence-corrected chi connectivity index (χ1v) is 6.94. The number of nitrogens with zero attached hydrogens (tertiary/aromatic N) is 2. The summed E-state index contributed by atoms with van der Waals surface area (Å²) in [5.74, 6) is 0.387. The van der Waals surface area contributed by atoms with Crippen LogP contribution in [0.1, 0.15) is 38.1 Å². The lowest BCUT2D eigenvalue weighted by molar-refractivity contribution is -0.122. The standard InChI is InChI=1S/C14H26N4O.ClH/c1-10(2)8-13(15)14(19)16-6-5-7-18-12(4)9-11(3)17-18;/h9-10,13H,5-8,15H2,1-4H3,(H,16,19);1H/t13-;/m0./s1. The van der Waals surface area contributed by atoms with E-state index in [0.717, 1.165) is 30.8 Å². The highest BCUT2D eigenvalue weighted by Gasteiger charge is 2.13. The minimum absolute atomic E-state index is 0. The highest BCUT2D eigenvalue weighted by molar-refractivity contribution is 5.85. The number of nitrogens with one attached hydrogen (secondary N) is 1. The topological polar surface area (TPSA) is 72.9 Å². The van der Waals surface area contributed by atoms with Gasteiger partial charge in [-0.05, 0) is 38.7 Å². The summed E-state index contributed by atoms with van der Waals surface area (Å²) in [5.41, 5.74) is 7.99. The summed E-state index contributed by atoms with van der Waals surface area (Å²) in [6.45, 7) is 9.61. The Bertz CT molecular complexity index is 417. The summed E-state index contributed by atoms with van der Waals surface area (Å²) >= 11 is 0. The lowest BCUT2D eigenvalue weighted by atomic mass is 10.0. The van der Waals surface area contributed by atoms with Gasteiger partial charge in [0.15, 0.2) is 0 Å². The lowest BCUT2D eigenvalue weighted by Crippen LogP contribution is -2.41. The van der Waals surface area contributed by atoms with E-state index in [1.54, 1.807) is 0 Å². The molecule has 0 aromatic carbocycles. The van der Waals surface area contributed by atoms with Crippen LogP contribution in [0.4, 0.5) is 0 Å². The van der Waals surface area contributed by atoms with Crippen molar-refractivity contribution in [3.05, 3.63) is 17.5 Å². The predicted octanol–water partition coefficient (Wildman–Crippen LogP) is 1.80. The fraction of sp³-hybridized carbons (Fsp3) is 0.714. The van der Waals surface area contributed by atoms with Gasteiger partial charge in [-0.15, -0.1) is 12.4 Å². The summed E-state index contributed by atoms with van der Waals surface area (Å²) in [6.07, 6.45) is 1.59. The summed E-state index contributed by atoms with van der Waals surface area (Å²) < 4.78 is 1.97. The van der Waals surface area contributed by atoms with E-state index in [4.69, 9.17) is 5.73 Å². The Morgan fingerprint density at radius 1 is 1.45 bits per heavy atom. The van der Waals surface area contributed by atoms with E-state index in [-0.39, 0.29) is 18.3 Å². The van der Waals surface area contributed by atoms with Gasteiger partial charge in [-0.25, -0.2) is 0 Å². The van der Waals surface area contributed by atoms with Gasteiger partial charge in [0.1, 0.15) is 0 Å². The highest BCUT2D eigenvalue weighted by atomic mass is 35.5. The molecule has 1 heterocycles. The van der Waals surface area contributed by atoms with Crippen LogP contribution in [0.2, 0.25) is 0 Å². The Balaban J connectivity index is 0.00000361. The van der Waals surface area contributed by atoms with Crippen molar-refractivity contribution in [2.75, 3.05) is 6.54 Å². The SMILES string of the molecule is Cc1cc(C)n(CCCNC(=O)[C@@H](N)CC(C)C)n1.Cl. The maximum absolute atomic E-state index is 11.7. The molecule has 1 rings (SSSR count). The van der Waals surface area contributed by atoms with Crippen molar-refractivity contribution in [2.24, 2.45) is 11.7 Å². The van der Waals surface area contributed by atoms with Crippen LogP contribution in [0.3, 0.4) is 0 Å². The number of hydrogen-bond acceptors (Lipinski definition) is 3. The van der Waals surface area contributed by atoms with Crippen LogP contribution in [0.15, 0.2) is 6.07 Å². The second-order valence-corrected chi connectivity index (χ2v) is 5.53. The molecule has 0 radical (unpaired) electrons. The Hall–Kier alpha value is -1.07. The van der Waals surface area contributed by atoms with Gasteiger partial charge in [0.05, 0.1) is 11.7 Å². The second-order valence-electron chi connectivity index (χ2n) is 5.53. The van der Waals surface area contributed by atoms with Crippen LogP contribution in [0.5, 0.6) is 0 Å². The number of halogens is 1. The molecule has 20 heavy (non-hydrogen) atoms. The van der Waals surface area contributed by atoms with Crippen molar-refractivity contribution < 1.29 is 4.79 Å². The molecule has 0 aliphatic rings. The Kier molecular flexibility index (Phi) is 8.49. The number of carbonyl (C=O) groups excluding carboxylic acids is 1. The third-order valence-corrected chi connectivity index (χ3v) is 3.01. The van der Waals surface area contributed by atoms with Crippen molar-refractivity contribution in [3.63, 3.8) is 0 Å². The first-order chi connectivity index (χ1) is 8.90. The van der Waals surface area contributed by atoms with Gasteiger partial charge in [0.2, 0.25) is 5.91 Å². The molecule has 0 saturated carbocycles. The molecule has 0 fully saturated rings. The summed E-state index contributed by atoms with van der Waals surface area (Å²) in [6, 6.07) is 1.66. The van der Waals surface area contributed by atoms with Gasteiger partial charge in [0.25, 0.3) is 0 Å². The van der Waals surface area contributed by atoms with Crippen molar-refractivity contribution in [3.8, 4) is 0 Å². The van der Waals surface area contributed by atoms with E-state index in [1.807, 2.05) is 18.5 Å². The first kappa shape index (κ1) is 18.9. The number of carbonyl (C=O) groups is 1. The molecular weight excluding hydrogens is 276 g/mol. The molecule has 0 aliphatic carbocycles. The van der Waals surface area contributed by atoms with Crippen LogP contribution < -0.4 is 11.1 Å². The molecule has 0 unspecified atom stereocenters. The van der Waals surface area contributed by atoms with Gasteiger partial charge >= 0.3 is 0 Å². The Labute approximate surface area is 127 Å². The average molecular weight is 303 g/mol. The van der Waals surface area contributed by atoms with Gasteiger partial charge in [0, 0.05) is 18.8 Å². The summed E-state index contributed by atoms with van der Waals surface area (Å²) in [7, 11) is 0. The van der Waals surface area contributed by atoms with E-state index >= 15 is 0 Å². The largest absolute Gasteiger partial charge is 0.355 e. The van der Waals surface area contributed by atoms with Crippen molar-refractivity contribution in [1.29, 1.82) is 0 Å². The monoisotopic (exact) mass is 302 g/mol. The number of aromatic nitrogens is 2. The molecule has 116 valence electrons. The zero-order valence-corrected chi connectivity index (χ0v) is 13.7. The molecule has 0 spiro atoms. The third-order valence-electron chi connectivity index (χ3n) is 3.01. The lowest BCUT2D eigenvalue weighted by Gasteiger charge is -2.14. The van der Waals surface area contributed by atoms with E-state index in [2.05, 4.69) is 30.3 Å². The van der Waals surface area contributed by atoms with Crippen LogP contribution >= 0.6 is 12.4 Å². The van der Waals surface area contributed by atoms with Gasteiger partial charge in [-0.3, -0.25) is 9.48 Å². The quantitative estimate of drug-likeness (QED) is 0.754. The van der Waals surface area contributed by atoms with Crippen LogP contribution in [-0.4, -0.2) is 28.3 Å². The minimum atomic E-state index is -0.395. The molecular formula is C14H27ClN4O. The molecule has 1 atom stereocenters. The van der Waals surface area contributed by atoms with E-state index in [9.17, 15) is 4.79 Å². The fourth-order valence-electron chi connectivity index (χ4n) is 2.09. The van der Waals surface area contributed by atoms with E-state index in [0.29, 0.717) is 12.5 Å². The molecule has 5 nitrogen and oxygen atoms in total. The molecule has 1 aromatic rings. The molecule has 1 amide bonds. The first-order valence-electron chi connectivity index (χ1n) is 6.94.